The smallest absolute Gasteiger partial charge is 0.226 e. The third-order valence-electron chi connectivity index (χ3n) is 4.31. The minimum atomic E-state index is -0.190. The lowest BCUT2D eigenvalue weighted by Crippen LogP contribution is -2.20. The van der Waals surface area contributed by atoms with E-state index in [-0.39, 0.29) is 6.04 Å². The van der Waals surface area contributed by atoms with E-state index < -0.39 is 0 Å². The van der Waals surface area contributed by atoms with Crippen molar-refractivity contribution in [3.63, 3.8) is 0 Å². The van der Waals surface area contributed by atoms with Crippen molar-refractivity contribution < 1.29 is 9.47 Å². The van der Waals surface area contributed by atoms with Crippen LogP contribution in [0.15, 0.2) is 54.9 Å². The highest BCUT2D eigenvalue weighted by Gasteiger charge is 2.27. The summed E-state index contributed by atoms with van der Waals surface area (Å²) in [6.07, 6.45) is 3.61. The van der Waals surface area contributed by atoms with E-state index in [4.69, 9.17) is 21.1 Å². The number of allylic oxidation sites excluding steroid dienone is 1. The van der Waals surface area contributed by atoms with E-state index in [1.807, 2.05) is 47.1 Å². The van der Waals surface area contributed by atoms with Crippen LogP contribution in [-0.2, 0) is 0 Å². The Morgan fingerprint density at radius 1 is 1.08 bits per heavy atom. The molecule has 0 amide bonds. The molecule has 0 saturated carbocycles. The molecule has 0 bridgehead atoms. The topological polar surface area (TPSA) is 61.2 Å². The molecule has 6 nitrogen and oxygen atoms in total. The summed E-state index contributed by atoms with van der Waals surface area (Å²) < 4.78 is 12.9. The van der Waals surface area contributed by atoms with Gasteiger partial charge in [-0.3, -0.25) is 0 Å². The van der Waals surface area contributed by atoms with E-state index in [1.165, 1.54) is 6.33 Å². The maximum absolute atomic E-state index is 6.01. The number of aromatic nitrogens is 3. The Hall–Kier alpha value is -2.99. The van der Waals surface area contributed by atoms with Crippen molar-refractivity contribution in [2.75, 3.05) is 19.5 Å². The van der Waals surface area contributed by atoms with Crippen molar-refractivity contribution in [1.29, 1.82) is 0 Å². The summed E-state index contributed by atoms with van der Waals surface area (Å²) in [6, 6.07) is 13.3. The van der Waals surface area contributed by atoms with Crippen LogP contribution in [0.5, 0.6) is 11.5 Å². The van der Waals surface area contributed by atoms with Gasteiger partial charge in [0.1, 0.15) is 12.4 Å². The fourth-order valence-corrected chi connectivity index (χ4v) is 3.22. The maximum atomic E-state index is 6.01. The Labute approximate surface area is 156 Å². The summed E-state index contributed by atoms with van der Waals surface area (Å²) in [5.41, 5.74) is 2.87. The van der Waals surface area contributed by atoms with Gasteiger partial charge in [-0.1, -0.05) is 35.9 Å². The van der Waals surface area contributed by atoms with Crippen LogP contribution in [-0.4, -0.2) is 29.0 Å². The zero-order valence-corrected chi connectivity index (χ0v) is 15.1. The zero-order valence-electron chi connectivity index (χ0n) is 14.3. The number of halogens is 1. The van der Waals surface area contributed by atoms with E-state index in [1.54, 1.807) is 14.2 Å². The first-order valence-corrected chi connectivity index (χ1v) is 8.44. The van der Waals surface area contributed by atoms with Gasteiger partial charge in [0.25, 0.3) is 0 Å². The summed E-state index contributed by atoms with van der Waals surface area (Å²) in [7, 11) is 3.26. The van der Waals surface area contributed by atoms with Gasteiger partial charge in [0.2, 0.25) is 5.95 Å². The SMILES string of the molecule is COc1cccc([C@@H]2C=C(c3ccc(Cl)cc3)Nc3ncnn32)c1OC. The number of para-hydroxylation sites is 1. The quantitative estimate of drug-likeness (QED) is 0.754. The van der Waals surface area contributed by atoms with Crippen molar-refractivity contribution in [3.05, 3.63) is 71.0 Å². The minimum Gasteiger partial charge on any atom is -0.493 e. The van der Waals surface area contributed by atoms with Crippen LogP contribution in [0.3, 0.4) is 0 Å². The predicted molar refractivity (Wildman–Crippen MR) is 101 cm³/mol. The number of benzene rings is 2. The van der Waals surface area contributed by atoms with Crippen molar-refractivity contribution in [2.24, 2.45) is 0 Å². The van der Waals surface area contributed by atoms with Crippen molar-refractivity contribution >= 4 is 23.2 Å². The summed E-state index contributed by atoms with van der Waals surface area (Å²) in [5, 5.41) is 8.38. The maximum Gasteiger partial charge on any atom is 0.226 e. The minimum absolute atomic E-state index is 0.190. The Balaban J connectivity index is 1.85. The predicted octanol–water partition coefficient (Wildman–Crippen LogP) is 4.00. The molecular weight excluding hydrogens is 352 g/mol. The number of anilines is 1. The van der Waals surface area contributed by atoms with Gasteiger partial charge in [-0.05, 0) is 29.8 Å². The molecule has 2 heterocycles. The summed E-state index contributed by atoms with van der Waals surface area (Å²) in [4.78, 5) is 4.33. The molecule has 1 N–H and O–H groups in total. The van der Waals surface area contributed by atoms with Crippen LogP contribution >= 0.6 is 11.6 Å². The average molecular weight is 369 g/mol. The molecule has 0 unspecified atom stereocenters. The van der Waals surface area contributed by atoms with Crippen LogP contribution in [0.25, 0.3) is 5.70 Å². The Kier molecular flexibility index (Phi) is 4.26. The zero-order chi connectivity index (χ0) is 18.1. The molecule has 2 aromatic carbocycles. The van der Waals surface area contributed by atoms with Gasteiger partial charge in [0, 0.05) is 16.3 Å². The Morgan fingerprint density at radius 2 is 1.88 bits per heavy atom. The summed E-state index contributed by atoms with van der Waals surface area (Å²) in [5.74, 6) is 2.01. The molecule has 3 aromatic rings. The van der Waals surface area contributed by atoms with Gasteiger partial charge in [0.15, 0.2) is 11.5 Å². The molecule has 1 aliphatic rings. The van der Waals surface area contributed by atoms with Gasteiger partial charge >= 0.3 is 0 Å². The van der Waals surface area contributed by atoms with Gasteiger partial charge < -0.3 is 14.8 Å². The van der Waals surface area contributed by atoms with Crippen LogP contribution in [0.2, 0.25) is 5.02 Å². The first-order valence-electron chi connectivity index (χ1n) is 8.06. The monoisotopic (exact) mass is 368 g/mol. The molecule has 0 fully saturated rings. The number of nitrogens with one attached hydrogen (secondary N) is 1. The highest BCUT2D eigenvalue weighted by atomic mass is 35.5. The molecule has 0 radical (unpaired) electrons. The summed E-state index contributed by atoms with van der Waals surface area (Å²) in [6.45, 7) is 0. The van der Waals surface area contributed by atoms with Crippen LogP contribution < -0.4 is 14.8 Å². The first kappa shape index (κ1) is 16.5. The number of hydrogen-bond donors (Lipinski definition) is 1. The second-order valence-corrected chi connectivity index (χ2v) is 6.20. The molecule has 1 atom stereocenters. The van der Waals surface area contributed by atoms with E-state index in [9.17, 15) is 0 Å². The van der Waals surface area contributed by atoms with Crippen molar-refractivity contribution in [1.82, 2.24) is 14.8 Å². The number of fused-ring (bicyclic) bond motifs is 1. The summed E-state index contributed by atoms with van der Waals surface area (Å²) >= 11 is 6.01. The molecular formula is C19H17ClN4O2. The second-order valence-electron chi connectivity index (χ2n) is 5.77. The average Bonchev–Trinajstić information content (AvgIpc) is 3.15. The standard InChI is InChI=1S/C19H17ClN4O2/c1-25-17-5-3-4-14(18(17)26-2)16-10-15(12-6-8-13(20)9-7-12)23-19-21-11-22-24(16)19/h3-11,16H,1-2H3,(H,21,22,23)/t16-/m0/s1. The van der Waals surface area contributed by atoms with E-state index in [0.717, 1.165) is 16.8 Å². The lowest BCUT2D eigenvalue weighted by molar-refractivity contribution is 0.349. The lowest BCUT2D eigenvalue weighted by atomic mass is 10.0. The molecule has 26 heavy (non-hydrogen) atoms. The molecule has 0 spiro atoms. The second kappa shape index (κ2) is 6.72. The highest BCUT2D eigenvalue weighted by molar-refractivity contribution is 6.30. The van der Waals surface area contributed by atoms with E-state index in [2.05, 4.69) is 21.5 Å². The molecule has 132 valence electrons. The van der Waals surface area contributed by atoms with Crippen LogP contribution in [0.1, 0.15) is 17.2 Å². The Morgan fingerprint density at radius 3 is 2.62 bits per heavy atom. The lowest BCUT2D eigenvalue weighted by Gasteiger charge is -2.26. The first-order chi connectivity index (χ1) is 12.7. The molecule has 1 aliphatic heterocycles. The fraction of sp³-hybridized carbons (Fsp3) is 0.158. The number of hydrogen-bond acceptors (Lipinski definition) is 5. The normalized spacial score (nSPS) is 15.7. The number of ether oxygens (including phenoxy) is 2. The highest BCUT2D eigenvalue weighted by Crippen LogP contribution is 2.40. The molecule has 4 rings (SSSR count). The molecule has 0 saturated heterocycles. The third kappa shape index (κ3) is 2.78. The van der Waals surface area contributed by atoms with Gasteiger partial charge in [-0.2, -0.15) is 10.1 Å². The fourth-order valence-electron chi connectivity index (χ4n) is 3.10. The number of rotatable bonds is 4. The van der Waals surface area contributed by atoms with Crippen molar-refractivity contribution in [3.8, 4) is 11.5 Å². The molecule has 1 aromatic heterocycles. The van der Waals surface area contributed by atoms with Crippen LogP contribution in [0.4, 0.5) is 5.95 Å². The van der Waals surface area contributed by atoms with Gasteiger partial charge in [-0.25, -0.2) is 4.68 Å². The van der Waals surface area contributed by atoms with Gasteiger partial charge in [0.05, 0.1) is 14.2 Å². The van der Waals surface area contributed by atoms with Gasteiger partial charge in [-0.15, -0.1) is 0 Å². The van der Waals surface area contributed by atoms with E-state index in [0.29, 0.717) is 22.5 Å². The Bertz CT molecular complexity index is 966. The molecule has 7 heteroatoms. The largest absolute Gasteiger partial charge is 0.493 e. The van der Waals surface area contributed by atoms with Crippen molar-refractivity contribution in [2.45, 2.75) is 6.04 Å². The van der Waals surface area contributed by atoms with E-state index >= 15 is 0 Å². The third-order valence-corrected chi connectivity index (χ3v) is 4.57. The van der Waals surface area contributed by atoms with Crippen LogP contribution in [0, 0.1) is 0 Å². The number of methoxy groups -OCH3 is 2. The number of nitrogens with zero attached hydrogens (tertiary/aromatic N) is 3. The molecule has 0 aliphatic carbocycles.